The van der Waals surface area contributed by atoms with Crippen molar-refractivity contribution in [2.24, 2.45) is 5.41 Å². The highest BCUT2D eigenvalue weighted by atomic mass is 16.2. The maximum Gasteiger partial charge on any atom is 0.225 e. The zero-order chi connectivity index (χ0) is 8.91. The first kappa shape index (κ1) is 10.5. The second-order valence-electron chi connectivity index (χ2n) is 2.92. The van der Waals surface area contributed by atoms with E-state index in [1.54, 1.807) is 0 Å². The Hall–Kier alpha value is -0.530. The maximum atomic E-state index is 11.0. The molecular weight excluding hydrogens is 138 g/mol. The van der Waals surface area contributed by atoms with Crippen molar-refractivity contribution in [3.8, 4) is 0 Å². The Balaban J connectivity index is 0.000000461. The normalized spacial score (nSPS) is 17.8. The average molecular weight is 157 g/mol. The van der Waals surface area contributed by atoms with Crippen LogP contribution in [0.3, 0.4) is 0 Å². The molecule has 2 heteroatoms. The maximum absolute atomic E-state index is 11.0. The van der Waals surface area contributed by atoms with Crippen molar-refractivity contribution in [3.63, 3.8) is 0 Å². The molecule has 1 amide bonds. The molecule has 0 saturated heterocycles. The van der Waals surface area contributed by atoms with E-state index >= 15 is 0 Å². The fourth-order valence-corrected chi connectivity index (χ4v) is 0.789. The zero-order valence-corrected chi connectivity index (χ0v) is 8.03. The first-order chi connectivity index (χ1) is 5.19. The van der Waals surface area contributed by atoms with Crippen molar-refractivity contribution in [2.45, 2.75) is 40.5 Å². The Morgan fingerprint density at radius 1 is 1.45 bits per heavy atom. The van der Waals surface area contributed by atoms with E-state index in [9.17, 15) is 4.79 Å². The van der Waals surface area contributed by atoms with Crippen LogP contribution in [-0.2, 0) is 4.79 Å². The van der Waals surface area contributed by atoms with Crippen LogP contribution in [0.25, 0.3) is 0 Å². The van der Waals surface area contributed by atoms with Crippen molar-refractivity contribution < 1.29 is 4.79 Å². The predicted molar refractivity (Wildman–Crippen MR) is 47.4 cm³/mol. The van der Waals surface area contributed by atoms with Crippen molar-refractivity contribution in [1.82, 2.24) is 5.32 Å². The molecule has 1 rings (SSSR count). The Morgan fingerprint density at radius 3 is 2.18 bits per heavy atom. The van der Waals surface area contributed by atoms with Gasteiger partial charge in [0, 0.05) is 12.0 Å². The molecule has 0 bridgehead atoms. The highest BCUT2D eigenvalue weighted by molar-refractivity contribution is 5.84. The molecule has 0 spiro atoms. The summed E-state index contributed by atoms with van der Waals surface area (Å²) in [4.78, 5) is 11.0. The summed E-state index contributed by atoms with van der Waals surface area (Å²) in [6.07, 6.45) is 2.14. The summed E-state index contributed by atoms with van der Waals surface area (Å²) < 4.78 is 0. The van der Waals surface area contributed by atoms with Crippen molar-refractivity contribution in [3.05, 3.63) is 0 Å². The van der Waals surface area contributed by atoms with Gasteiger partial charge in [-0.25, -0.2) is 0 Å². The quantitative estimate of drug-likeness (QED) is 0.652. The van der Waals surface area contributed by atoms with E-state index in [0.29, 0.717) is 0 Å². The van der Waals surface area contributed by atoms with Crippen LogP contribution in [0.1, 0.15) is 40.5 Å². The van der Waals surface area contributed by atoms with Crippen LogP contribution in [0.15, 0.2) is 0 Å². The number of carbonyl (C=O) groups is 1. The molecule has 1 aliphatic carbocycles. The Bertz CT molecular complexity index is 128. The van der Waals surface area contributed by atoms with E-state index in [2.05, 4.69) is 5.32 Å². The molecule has 1 aliphatic rings. The van der Waals surface area contributed by atoms with Crippen molar-refractivity contribution in [1.29, 1.82) is 0 Å². The molecule has 0 atom stereocenters. The summed E-state index contributed by atoms with van der Waals surface area (Å²) in [5.74, 6) is 0.227. The molecule has 1 saturated carbocycles. The van der Waals surface area contributed by atoms with Crippen LogP contribution >= 0.6 is 0 Å². The summed E-state index contributed by atoms with van der Waals surface area (Å²) in [5.41, 5.74) is 0.00993. The van der Waals surface area contributed by atoms with Gasteiger partial charge in [-0.1, -0.05) is 20.8 Å². The minimum absolute atomic E-state index is 0.00993. The van der Waals surface area contributed by atoms with E-state index in [4.69, 9.17) is 0 Å². The van der Waals surface area contributed by atoms with Gasteiger partial charge in [-0.3, -0.25) is 4.79 Å². The molecule has 1 fully saturated rings. The molecule has 0 aromatic rings. The first-order valence-corrected chi connectivity index (χ1v) is 4.47. The Morgan fingerprint density at radius 2 is 1.91 bits per heavy atom. The van der Waals surface area contributed by atoms with Crippen LogP contribution < -0.4 is 5.32 Å². The van der Waals surface area contributed by atoms with E-state index in [1.807, 2.05) is 27.7 Å². The van der Waals surface area contributed by atoms with Crippen molar-refractivity contribution in [2.75, 3.05) is 6.54 Å². The monoisotopic (exact) mass is 157 g/mol. The van der Waals surface area contributed by atoms with Crippen LogP contribution in [0.5, 0.6) is 0 Å². The highest BCUT2D eigenvalue weighted by Crippen LogP contribution is 2.44. The van der Waals surface area contributed by atoms with Gasteiger partial charge >= 0.3 is 0 Å². The van der Waals surface area contributed by atoms with Gasteiger partial charge in [0.05, 0.1) is 0 Å². The molecule has 11 heavy (non-hydrogen) atoms. The number of rotatable bonds is 2. The number of hydrogen-bond donors (Lipinski definition) is 1. The predicted octanol–water partition coefficient (Wildman–Crippen LogP) is 1.95. The number of amides is 1. The topological polar surface area (TPSA) is 29.1 Å². The smallest absolute Gasteiger partial charge is 0.225 e. The lowest BCUT2D eigenvalue weighted by molar-refractivity contribution is -0.125. The highest BCUT2D eigenvalue weighted by Gasteiger charge is 2.44. The molecular formula is C9H19NO. The standard InChI is InChI=1S/C7H13NO.C2H6/c1-3-8-6(9)7(2)4-5-7;1-2/h3-5H2,1-2H3,(H,8,9);1-2H3. The molecule has 66 valence electrons. The molecule has 0 radical (unpaired) electrons. The van der Waals surface area contributed by atoms with E-state index in [-0.39, 0.29) is 11.3 Å². The van der Waals surface area contributed by atoms with Gasteiger partial charge < -0.3 is 5.32 Å². The lowest BCUT2D eigenvalue weighted by atomic mass is 10.1. The van der Waals surface area contributed by atoms with Gasteiger partial charge in [0.15, 0.2) is 0 Å². The fraction of sp³-hybridized carbons (Fsp3) is 0.889. The number of nitrogens with one attached hydrogen (secondary N) is 1. The number of carbonyl (C=O) groups excluding carboxylic acids is 1. The minimum Gasteiger partial charge on any atom is -0.356 e. The lowest BCUT2D eigenvalue weighted by Crippen LogP contribution is -2.29. The SMILES string of the molecule is CC.CCNC(=O)C1(C)CC1. The van der Waals surface area contributed by atoms with E-state index < -0.39 is 0 Å². The van der Waals surface area contributed by atoms with Gasteiger partial charge in [0.2, 0.25) is 5.91 Å². The van der Waals surface area contributed by atoms with Gasteiger partial charge in [0.25, 0.3) is 0 Å². The third kappa shape index (κ3) is 2.91. The third-order valence-corrected chi connectivity index (χ3v) is 1.89. The molecule has 0 aliphatic heterocycles. The summed E-state index contributed by atoms with van der Waals surface area (Å²) in [7, 11) is 0. The van der Waals surface area contributed by atoms with Crippen molar-refractivity contribution >= 4 is 5.91 Å². The summed E-state index contributed by atoms with van der Waals surface area (Å²) in [6.45, 7) is 8.72. The average Bonchev–Trinajstić information content (AvgIpc) is 2.74. The van der Waals surface area contributed by atoms with Gasteiger partial charge in [-0.15, -0.1) is 0 Å². The summed E-state index contributed by atoms with van der Waals surface area (Å²) >= 11 is 0. The summed E-state index contributed by atoms with van der Waals surface area (Å²) in [5, 5.41) is 2.81. The van der Waals surface area contributed by atoms with E-state index in [0.717, 1.165) is 19.4 Å². The first-order valence-electron chi connectivity index (χ1n) is 4.47. The number of hydrogen-bond acceptors (Lipinski definition) is 1. The van der Waals surface area contributed by atoms with E-state index in [1.165, 1.54) is 0 Å². The van der Waals surface area contributed by atoms with Crippen LogP contribution in [-0.4, -0.2) is 12.5 Å². The van der Waals surface area contributed by atoms with Crippen LogP contribution in [0.2, 0.25) is 0 Å². The third-order valence-electron chi connectivity index (χ3n) is 1.89. The van der Waals surface area contributed by atoms with Crippen LogP contribution in [0.4, 0.5) is 0 Å². The second-order valence-corrected chi connectivity index (χ2v) is 2.92. The molecule has 0 aromatic carbocycles. The van der Waals surface area contributed by atoms with Crippen LogP contribution in [0, 0.1) is 5.41 Å². The molecule has 0 unspecified atom stereocenters. The molecule has 0 aromatic heterocycles. The van der Waals surface area contributed by atoms with Gasteiger partial charge in [-0.05, 0) is 19.8 Å². The Labute approximate surface area is 69.4 Å². The van der Waals surface area contributed by atoms with Gasteiger partial charge in [-0.2, -0.15) is 0 Å². The molecule has 2 nitrogen and oxygen atoms in total. The lowest BCUT2D eigenvalue weighted by Gasteiger charge is -2.06. The zero-order valence-electron chi connectivity index (χ0n) is 8.03. The second kappa shape index (κ2) is 4.37. The molecule has 0 heterocycles. The molecule has 1 N–H and O–H groups in total. The fourth-order valence-electron chi connectivity index (χ4n) is 0.789. The largest absolute Gasteiger partial charge is 0.356 e. The van der Waals surface area contributed by atoms with Gasteiger partial charge in [0.1, 0.15) is 0 Å². The summed E-state index contributed by atoms with van der Waals surface area (Å²) in [6, 6.07) is 0. The minimum atomic E-state index is 0.00993. The Kier molecular flexibility index (Phi) is 4.16.